The van der Waals surface area contributed by atoms with E-state index in [4.69, 9.17) is 0 Å². The Morgan fingerprint density at radius 2 is 1.76 bits per heavy atom. The molecule has 0 aliphatic carbocycles. The summed E-state index contributed by atoms with van der Waals surface area (Å²) in [5, 5.41) is 4.58. The van der Waals surface area contributed by atoms with Gasteiger partial charge in [-0.05, 0) is 42.5 Å². The molecular weight excluding hydrogens is 516 g/mol. The summed E-state index contributed by atoms with van der Waals surface area (Å²) in [7, 11) is 0. The number of anilines is 3. The van der Waals surface area contributed by atoms with Crippen LogP contribution in [0.2, 0.25) is 0 Å². The maximum atomic E-state index is 15.3. The van der Waals surface area contributed by atoms with E-state index in [1.807, 2.05) is 5.32 Å². The summed E-state index contributed by atoms with van der Waals surface area (Å²) < 4.78 is 82.7. The second-order valence-corrected chi connectivity index (χ2v) is 7.81. The van der Waals surface area contributed by atoms with Crippen molar-refractivity contribution in [3.63, 3.8) is 0 Å². The molecule has 38 heavy (non-hydrogen) atoms. The minimum atomic E-state index is -4.92. The highest BCUT2D eigenvalue weighted by Crippen LogP contribution is 2.34. The van der Waals surface area contributed by atoms with Gasteiger partial charge in [0.2, 0.25) is 0 Å². The molecule has 5 aromatic rings. The van der Waals surface area contributed by atoms with Crippen molar-refractivity contribution in [3.05, 3.63) is 89.9 Å². The molecule has 192 valence electrons. The maximum absolute atomic E-state index is 15.3. The van der Waals surface area contributed by atoms with Gasteiger partial charge in [-0.1, -0.05) is 0 Å². The third-order valence-corrected chi connectivity index (χ3v) is 5.35. The SMILES string of the molecule is O=C(Nc1ccc(F)c(Nc2ncccc2-c2ncnc3[nH]cnc23)c1F)c1cc(F)cc(C(F)(F)F)c1. The molecule has 8 nitrogen and oxygen atoms in total. The molecule has 5 rings (SSSR count). The van der Waals surface area contributed by atoms with Gasteiger partial charge in [-0.25, -0.2) is 33.1 Å². The van der Waals surface area contributed by atoms with Gasteiger partial charge < -0.3 is 15.6 Å². The second kappa shape index (κ2) is 9.46. The highest BCUT2D eigenvalue weighted by molar-refractivity contribution is 6.04. The van der Waals surface area contributed by atoms with Gasteiger partial charge in [0.05, 0.1) is 17.6 Å². The van der Waals surface area contributed by atoms with E-state index in [2.05, 4.69) is 30.2 Å². The molecule has 0 aliphatic rings. The minimum Gasteiger partial charge on any atom is -0.335 e. The molecule has 0 fully saturated rings. The van der Waals surface area contributed by atoms with Gasteiger partial charge in [0.1, 0.15) is 40.7 Å². The van der Waals surface area contributed by atoms with Crippen LogP contribution in [0.15, 0.2) is 61.3 Å². The first-order chi connectivity index (χ1) is 18.1. The molecule has 2 aromatic carbocycles. The molecule has 3 N–H and O–H groups in total. The van der Waals surface area contributed by atoms with E-state index in [1.165, 1.54) is 18.9 Å². The molecule has 0 unspecified atom stereocenters. The lowest BCUT2D eigenvalue weighted by molar-refractivity contribution is -0.137. The van der Waals surface area contributed by atoms with Gasteiger partial charge in [0.15, 0.2) is 11.5 Å². The third-order valence-electron chi connectivity index (χ3n) is 5.35. The summed E-state index contributed by atoms with van der Waals surface area (Å²) in [6, 6.07) is 6.03. The van der Waals surface area contributed by atoms with Gasteiger partial charge >= 0.3 is 6.18 Å². The number of aromatic nitrogens is 5. The maximum Gasteiger partial charge on any atom is 0.416 e. The molecule has 14 heteroatoms. The van der Waals surface area contributed by atoms with Crippen LogP contribution in [0.5, 0.6) is 0 Å². The zero-order chi connectivity index (χ0) is 27.0. The van der Waals surface area contributed by atoms with Crippen molar-refractivity contribution in [1.82, 2.24) is 24.9 Å². The monoisotopic (exact) mass is 529 g/mol. The predicted octanol–water partition coefficient (Wildman–Crippen LogP) is 5.85. The van der Waals surface area contributed by atoms with Crippen LogP contribution in [-0.4, -0.2) is 30.8 Å². The van der Waals surface area contributed by atoms with E-state index in [-0.39, 0.29) is 11.9 Å². The number of imidazole rings is 1. The standard InChI is InChI=1S/C24H13F6N7O/c25-13-7-11(6-12(8-13)24(28,29)30)23(38)36-16-4-3-15(26)19(17(16)27)37-21-14(2-1-5-31-21)18-20-22(34-9-32-18)35-10-33-20/h1-10H,(H,31,37)(H,36,38)(H,32,33,34,35). The van der Waals surface area contributed by atoms with Crippen LogP contribution in [0.1, 0.15) is 15.9 Å². The van der Waals surface area contributed by atoms with E-state index in [1.54, 1.807) is 12.1 Å². The van der Waals surface area contributed by atoms with Gasteiger partial charge in [0.25, 0.3) is 5.91 Å². The Hall–Kier alpha value is -5.01. The lowest BCUT2D eigenvalue weighted by Gasteiger charge is -2.15. The van der Waals surface area contributed by atoms with Crippen LogP contribution in [0.3, 0.4) is 0 Å². The van der Waals surface area contributed by atoms with Crippen LogP contribution >= 0.6 is 0 Å². The summed E-state index contributed by atoms with van der Waals surface area (Å²) in [5.41, 5.74) is -1.99. The Kier molecular flexibility index (Phi) is 6.14. The van der Waals surface area contributed by atoms with Crippen molar-refractivity contribution in [2.75, 3.05) is 10.6 Å². The molecule has 0 spiro atoms. The van der Waals surface area contributed by atoms with Gasteiger partial charge in [0, 0.05) is 17.3 Å². The van der Waals surface area contributed by atoms with Crippen molar-refractivity contribution >= 4 is 34.3 Å². The average Bonchev–Trinajstić information content (AvgIpc) is 3.37. The van der Waals surface area contributed by atoms with E-state index in [9.17, 15) is 26.7 Å². The summed E-state index contributed by atoms with van der Waals surface area (Å²) in [6.45, 7) is 0. The van der Waals surface area contributed by atoms with Gasteiger partial charge in [-0.3, -0.25) is 4.79 Å². The number of alkyl halides is 3. The van der Waals surface area contributed by atoms with Crippen molar-refractivity contribution in [2.45, 2.75) is 6.18 Å². The number of nitrogens with zero attached hydrogens (tertiary/aromatic N) is 4. The number of hydrogen-bond donors (Lipinski definition) is 3. The molecule has 3 heterocycles. The summed E-state index contributed by atoms with van der Waals surface area (Å²) >= 11 is 0. The number of benzene rings is 2. The molecule has 0 atom stereocenters. The number of aromatic amines is 1. The molecule has 0 bridgehead atoms. The van der Waals surface area contributed by atoms with Crippen LogP contribution in [-0.2, 0) is 6.18 Å². The largest absolute Gasteiger partial charge is 0.416 e. The normalized spacial score (nSPS) is 11.5. The number of halogens is 6. The molecule has 0 saturated carbocycles. The molecule has 0 saturated heterocycles. The molecule has 3 aromatic heterocycles. The van der Waals surface area contributed by atoms with Gasteiger partial charge in [-0.2, -0.15) is 13.2 Å². The number of pyridine rings is 1. The number of carbonyl (C=O) groups excluding carboxylic acids is 1. The summed E-state index contributed by atoms with van der Waals surface area (Å²) in [6.07, 6.45) is -0.895. The van der Waals surface area contributed by atoms with Crippen LogP contribution in [0, 0.1) is 17.5 Å². The van der Waals surface area contributed by atoms with E-state index >= 15 is 4.39 Å². The predicted molar refractivity (Wildman–Crippen MR) is 124 cm³/mol. The topological polar surface area (TPSA) is 108 Å². The Balaban J connectivity index is 1.48. The first-order valence-electron chi connectivity index (χ1n) is 10.7. The minimum absolute atomic E-state index is 0.0169. The number of fused-ring (bicyclic) bond motifs is 1. The molecule has 1 amide bonds. The quantitative estimate of drug-likeness (QED) is 0.247. The van der Waals surface area contributed by atoms with Gasteiger partial charge in [-0.15, -0.1) is 0 Å². The van der Waals surface area contributed by atoms with Crippen molar-refractivity contribution in [1.29, 1.82) is 0 Å². The zero-order valence-corrected chi connectivity index (χ0v) is 18.7. The van der Waals surface area contributed by atoms with Crippen LogP contribution < -0.4 is 10.6 Å². The van der Waals surface area contributed by atoms with E-state index in [0.717, 1.165) is 12.1 Å². The molecular formula is C24H13F6N7O. The average molecular weight is 529 g/mol. The second-order valence-electron chi connectivity index (χ2n) is 7.81. The zero-order valence-electron chi connectivity index (χ0n) is 18.7. The number of hydrogen-bond acceptors (Lipinski definition) is 6. The fourth-order valence-electron chi connectivity index (χ4n) is 3.62. The highest BCUT2D eigenvalue weighted by Gasteiger charge is 2.32. The number of H-pyrrole nitrogens is 1. The lowest BCUT2D eigenvalue weighted by Crippen LogP contribution is -2.16. The lowest BCUT2D eigenvalue weighted by atomic mass is 10.1. The third kappa shape index (κ3) is 4.70. The van der Waals surface area contributed by atoms with Crippen molar-refractivity contribution in [2.24, 2.45) is 0 Å². The Labute approximate surface area is 208 Å². The van der Waals surface area contributed by atoms with Crippen LogP contribution in [0.4, 0.5) is 43.5 Å². The van der Waals surface area contributed by atoms with E-state index in [0.29, 0.717) is 34.6 Å². The number of carbonyl (C=O) groups is 1. The molecule has 0 aliphatic heterocycles. The highest BCUT2D eigenvalue weighted by atomic mass is 19.4. The van der Waals surface area contributed by atoms with Crippen molar-refractivity contribution in [3.8, 4) is 11.3 Å². The Morgan fingerprint density at radius 1 is 0.947 bits per heavy atom. The van der Waals surface area contributed by atoms with Crippen molar-refractivity contribution < 1.29 is 31.1 Å². The first-order valence-corrected chi connectivity index (χ1v) is 10.7. The van der Waals surface area contributed by atoms with E-state index < -0.39 is 52.0 Å². The fourth-order valence-corrected chi connectivity index (χ4v) is 3.62. The van der Waals surface area contributed by atoms with Crippen LogP contribution in [0.25, 0.3) is 22.4 Å². The smallest absolute Gasteiger partial charge is 0.335 e. The molecule has 0 radical (unpaired) electrons. The summed E-state index contributed by atoms with van der Waals surface area (Å²) in [4.78, 5) is 31.9. The first kappa shape index (κ1) is 24.7. The number of rotatable bonds is 5. The number of nitrogens with one attached hydrogen (secondary N) is 3. The fraction of sp³-hybridized carbons (Fsp3) is 0.0417. The summed E-state index contributed by atoms with van der Waals surface area (Å²) in [5.74, 6) is -4.92. The Morgan fingerprint density at radius 3 is 2.55 bits per heavy atom. The Bertz CT molecular complexity index is 1690. The number of amides is 1.